The summed E-state index contributed by atoms with van der Waals surface area (Å²) in [5.41, 5.74) is 2.93. The van der Waals surface area contributed by atoms with Crippen molar-refractivity contribution in [2.45, 2.75) is 66.0 Å². The molecule has 2 unspecified atom stereocenters. The molecule has 0 saturated heterocycles. The first-order valence-electron chi connectivity index (χ1n) is 8.20. The van der Waals surface area contributed by atoms with Crippen LogP contribution < -0.4 is 5.32 Å². The number of hydrogen-bond acceptors (Lipinski definition) is 2. The highest BCUT2D eigenvalue weighted by molar-refractivity contribution is 5.29. The van der Waals surface area contributed by atoms with Gasteiger partial charge < -0.3 is 10.1 Å². The third-order valence-electron chi connectivity index (χ3n) is 4.05. The van der Waals surface area contributed by atoms with Gasteiger partial charge in [0.05, 0.1) is 6.61 Å². The molecule has 0 aromatic heterocycles. The standard InChI is InChI=1S/C19H33NO/c1-8-21-13-18(14(2)3)20-15(4)16-9-11-17(12-10-16)19(5,6)7/h9-12,14-15,18,20H,8,13H2,1-7H3. The minimum absolute atomic E-state index is 0.213. The molecule has 1 rings (SSSR count). The summed E-state index contributed by atoms with van der Waals surface area (Å²) in [5, 5.41) is 3.70. The lowest BCUT2D eigenvalue weighted by atomic mass is 9.86. The van der Waals surface area contributed by atoms with Crippen molar-refractivity contribution in [3.05, 3.63) is 35.4 Å². The van der Waals surface area contributed by atoms with Crippen LogP contribution in [0.2, 0.25) is 0 Å². The third kappa shape index (κ3) is 5.80. The Labute approximate surface area is 131 Å². The fourth-order valence-corrected chi connectivity index (χ4v) is 2.37. The van der Waals surface area contributed by atoms with Gasteiger partial charge in [-0.25, -0.2) is 0 Å². The molecule has 1 aromatic carbocycles. The van der Waals surface area contributed by atoms with Crippen LogP contribution in [0.25, 0.3) is 0 Å². The Hall–Kier alpha value is -0.860. The Morgan fingerprint density at radius 2 is 1.62 bits per heavy atom. The van der Waals surface area contributed by atoms with E-state index in [0.29, 0.717) is 18.0 Å². The number of hydrogen-bond donors (Lipinski definition) is 1. The van der Waals surface area contributed by atoms with E-state index in [1.165, 1.54) is 11.1 Å². The van der Waals surface area contributed by atoms with E-state index in [2.05, 4.69) is 71.1 Å². The minimum Gasteiger partial charge on any atom is -0.380 e. The first-order chi connectivity index (χ1) is 9.75. The van der Waals surface area contributed by atoms with Gasteiger partial charge in [0.1, 0.15) is 0 Å². The van der Waals surface area contributed by atoms with Gasteiger partial charge in [-0.15, -0.1) is 0 Å². The highest BCUT2D eigenvalue weighted by Crippen LogP contribution is 2.24. The fraction of sp³-hybridized carbons (Fsp3) is 0.684. The highest BCUT2D eigenvalue weighted by atomic mass is 16.5. The van der Waals surface area contributed by atoms with Crippen molar-refractivity contribution in [2.24, 2.45) is 5.92 Å². The summed E-state index contributed by atoms with van der Waals surface area (Å²) in [6, 6.07) is 9.72. The molecule has 2 heteroatoms. The van der Waals surface area contributed by atoms with Gasteiger partial charge in [-0.2, -0.15) is 0 Å². The van der Waals surface area contributed by atoms with Crippen LogP contribution in [0.1, 0.15) is 65.6 Å². The van der Waals surface area contributed by atoms with Crippen molar-refractivity contribution in [1.29, 1.82) is 0 Å². The lowest BCUT2D eigenvalue weighted by Crippen LogP contribution is -2.39. The third-order valence-corrected chi connectivity index (χ3v) is 4.05. The maximum atomic E-state index is 5.60. The van der Waals surface area contributed by atoms with Crippen molar-refractivity contribution in [1.82, 2.24) is 5.32 Å². The zero-order chi connectivity index (χ0) is 16.0. The molecule has 0 bridgehead atoms. The minimum atomic E-state index is 0.213. The van der Waals surface area contributed by atoms with Crippen LogP contribution in [0.15, 0.2) is 24.3 Å². The molecule has 0 radical (unpaired) electrons. The summed E-state index contributed by atoms with van der Waals surface area (Å²) >= 11 is 0. The number of nitrogens with one attached hydrogen (secondary N) is 1. The average Bonchev–Trinajstić information content (AvgIpc) is 2.42. The largest absolute Gasteiger partial charge is 0.380 e. The van der Waals surface area contributed by atoms with E-state index in [1.807, 2.05) is 6.92 Å². The van der Waals surface area contributed by atoms with Crippen molar-refractivity contribution >= 4 is 0 Å². The molecule has 2 nitrogen and oxygen atoms in total. The summed E-state index contributed by atoms with van der Waals surface area (Å²) in [4.78, 5) is 0. The van der Waals surface area contributed by atoms with Gasteiger partial charge in [-0.3, -0.25) is 0 Å². The molecule has 0 amide bonds. The zero-order valence-corrected chi connectivity index (χ0v) is 14.9. The zero-order valence-electron chi connectivity index (χ0n) is 14.9. The summed E-state index contributed by atoms with van der Waals surface area (Å²) < 4.78 is 5.60. The summed E-state index contributed by atoms with van der Waals surface area (Å²) in [5.74, 6) is 0.563. The molecule has 0 aliphatic rings. The van der Waals surface area contributed by atoms with E-state index in [4.69, 9.17) is 4.74 Å². The Bertz CT molecular complexity index is 403. The van der Waals surface area contributed by atoms with Gasteiger partial charge in [0.15, 0.2) is 0 Å². The van der Waals surface area contributed by atoms with Gasteiger partial charge in [0, 0.05) is 18.7 Å². The van der Waals surface area contributed by atoms with Crippen LogP contribution >= 0.6 is 0 Å². The van der Waals surface area contributed by atoms with Crippen LogP contribution in [0.4, 0.5) is 0 Å². The second kappa shape index (κ2) is 7.95. The normalized spacial score (nSPS) is 15.2. The first-order valence-corrected chi connectivity index (χ1v) is 8.20. The van der Waals surface area contributed by atoms with Crippen LogP contribution in [-0.2, 0) is 10.2 Å². The molecule has 0 fully saturated rings. The lowest BCUT2D eigenvalue weighted by molar-refractivity contribution is 0.104. The Morgan fingerprint density at radius 1 is 1.05 bits per heavy atom. The van der Waals surface area contributed by atoms with Crippen LogP contribution in [0, 0.1) is 5.92 Å². The summed E-state index contributed by atoms with van der Waals surface area (Å²) in [6.45, 7) is 17.1. The second-order valence-electron chi connectivity index (χ2n) is 7.27. The van der Waals surface area contributed by atoms with Crippen molar-refractivity contribution in [3.63, 3.8) is 0 Å². The predicted molar refractivity (Wildman–Crippen MR) is 91.8 cm³/mol. The average molecular weight is 291 g/mol. The molecule has 1 N–H and O–H groups in total. The summed E-state index contributed by atoms with van der Waals surface area (Å²) in [7, 11) is 0. The molecular formula is C19H33NO. The van der Waals surface area contributed by atoms with Crippen molar-refractivity contribution in [3.8, 4) is 0 Å². The topological polar surface area (TPSA) is 21.3 Å². The van der Waals surface area contributed by atoms with E-state index >= 15 is 0 Å². The van der Waals surface area contributed by atoms with E-state index in [0.717, 1.165) is 13.2 Å². The number of ether oxygens (including phenoxy) is 1. The predicted octanol–water partition coefficient (Wildman–Crippen LogP) is 4.70. The molecular weight excluding hydrogens is 258 g/mol. The van der Waals surface area contributed by atoms with E-state index < -0.39 is 0 Å². The molecule has 0 saturated carbocycles. The van der Waals surface area contributed by atoms with Gasteiger partial charge in [-0.1, -0.05) is 58.9 Å². The molecule has 21 heavy (non-hydrogen) atoms. The Morgan fingerprint density at radius 3 is 2.05 bits per heavy atom. The lowest BCUT2D eigenvalue weighted by Gasteiger charge is -2.27. The summed E-state index contributed by atoms with van der Waals surface area (Å²) in [6.07, 6.45) is 0. The van der Waals surface area contributed by atoms with Gasteiger partial charge in [-0.05, 0) is 36.3 Å². The number of rotatable bonds is 7. The second-order valence-corrected chi connectivity index (χ2v) is 7.27. The molecule has 2 atom stereocenters. The quantitative estimate of drug-likeness (QED) is 0.786. The Balaban J connectivity index is 2.71. The SMILES string of the molecule is CCOCC(NC(C)c1ccc(C(C)(C)C)cc1)C(C)C. The van der Waals surface area contributed by atoms with Crippen LogP contribution in [0.5, 0.6) is 0 Å². The van der Waals surface area contributed by atoms with Crippen LogP contribution in [0.3, 0.4) is 0 Å². The molecule has 0 aliphatic carbocycles. The van der Waals surface area contributed by atoms with Crippen LogP contribution in [-0.4, -0.2) is 19.3 Å². The van der Waals surface area contributed by atoms with E-state index in [1.54, 1.807) is 0 Å². The van der Waals surface area contributed by atoms with Crippen molar-refractivity contribution < 1.29 is 4.74 Å². The van der Waals surface area contributed by atoms with Gasteiger partial charge in [0.25, 0.3) is 0 Å². The molecule has 0 heterocycles. The Kier molecular flexibility index (Phi) is 6.89. The molecule has 0 spiro atoms. The maximum absolute atomic E-state index is 5.60. The molecule has 1 aromatic rings. The van der Waals surface area contributed by atoms with E-state index in [-0.39, 0.29) is 5.41 Å². The van der Waals surface area contributed by atoms with Gasteiger partial charge >= 0.3 is 0 Å². The highest BCUT2D eigenvalue weighted by Gasteiger charge is 2.18. The van der Waals surface area contributed by atoms with Gasteiger partial charge in [0.2, 0.25) is 0 Å². The van der Waals surface area contributed by atoms with E-state index in [9.17, 15) is 0 Å². The monoisotopic (exact) mass is 291 g/mol. The maximum Gasteiger partial charge on any atom is 0.0622 e. The fourth-order valence-electron chi connectivity index (χ4n) is 2.37. The molecule has 0 aliphatic heterocycles. The molecule has 120 valence electrons. The first kappa shape index (κ1) is 18.2. The number of benzene rings is 1. The van der Waals surface area contributed by atoms with Crippen molar-refractivity contribution in [2.75, 3.05) is 13.2 Å². The smallest absolute Gasteiger partial charge is 0.0622 e.